The smallest absolute Gasteiger partial charge is 0.268 e. The summed E-state index contributed by atoms with van der Waals surface area (Å²) < 4.78 is 0. The Balaban J connectivity index is 1.80. The molecule has 2 N–H and O–H groups in total. The minimum absolute atomic E-state index is 0.0739. The Bertz CT molecular complexity index is 510. The van der Waals surface area contributed by atoms with Crippen LogP contribution in [0.5, 0.6) is 0 Å². The number of rotatable bonds is 2. The Morgan fingerprint density at radius 1 is 1.19 bits per heavy atom. The second kappa shape index (κ2) is 6.22. The van der Waals surface area contributed by atoms with Gasteiger partial charge < -0.3 is 15.5 Å². The number of carbonyl (C=O) groups excluding carboxylic acids is 1. The monoisotopic (exact) mass is 308 g/mol. The van der Waals surface area contributed by atoms with E-state index in [1.54, 1.807) is 0 Å². The van der Waals surface area contributed by atoms with Crippen molar-refractivity contribution >= 4 is 28.2 Å². The van der Waals surface area contributed by atoms with Gasteiger partial charge in [-0.2, -0.15) is 0 Å². The largest absolute Gasteiger partial charge is 0.382 e. The number of amides is 1. The lowest BCUT2D eigenvalue weighted by Gasteiger charge is -2.26. The fraction of sp³-hybridized carbons (Fsp3) is 0.733. The molecule has 3 rings (SSSR count). The minimum Gasteiger partial charge on any atom is -0.382 e. The fourth-order valence-corrected chi connectivity index (χ4v) is 4.22. The summed E-state index contributed by atoms with van der Waals surface area (Å²) >= 11 is 1.47. The number of nitrogens with two attached hydrogens (primary N) is 1. The lowest BCUT2D eigenvalue weighted by Crippen LogP contribution is -2.38. The van der Waals surface area contributed by atoms with Gasteiger partial charge in [0, 0.05) is 25.7 Å². The summed E-state index contributed by atoms with van der Waals surface area (Å²) in [5.74, 6) is 0.480. The third kappa shape index (κ3) is 3.00. The summed E-state index contributed by atoms with van der Waals surface area (Å²) in [7, 11) is 0. The molecule has 5 nitrogen and oxygen atoms in total. The molecule has 3 heterocycles. The summed E-state index contributed by atoms with van der Waals surface area (Å²) in [5.41, 5.74) is 6.03. The van der Waals surface area contributed by atoms with Crippen LogP contribution in [0.25, 0.3) is 0 Å². The topological polar surface area (TPSA) is 62.5 Å². The highest BCUT2D eigenvalue weighted by molar-refractivity contribution is 7.18. The van der Waals surface area contributed by atoms with Crippen LogP contribution in [0.1, 0.15) is 55.1 Å². The number of hydrogen-bond donors (Lipinski definition) is 1. The first-order valence-corrected chi connectivity index (χ1v) is 8.80. The molecule has 1 atom stereocenters. The van der Waals surface area contributed by atoms with Gasteiger partial charge in [-0.3, -0.25) is 4.79 Å². The lowest BCUT2D eigenvalue weighted by molar-refractivity contribution is 0.0703. The van der Waals surface area contributed by atoms with E-state index in [1.807, 2.05) is 4.90 Å². The van der Waals surface area contributed by atoms with Gasteiger partial charge in [0.25, 0.3) is 5.91 Å². The first-order valence-electron chi connectivity index (χ1n) is 7.99. The second-order valence-electron chi connectivity index (χ2n) is 6.10. The van der Waals surface area contributed by atoms with Crippen LogP contribution in [0.3, 0.4) is 0 Å². The summed E-state index contributed by atoms with van der Waals surface area (Å²) in [6, 6.07) is 0.303. The van der Waals surface area contributed by atoms with Crippen LogP contribution < -0.4 is 10.6 Å². The van der Waals surface area contributed by atoms with Crippen LogP contribution in [0, 0.1) is 0 Å². The molecule has 0 aromatic carbocycles. The van der Waals surface area contributed by atoms with E-state index in [-0.39, 0.29) is 5.91 Å². The maximum atomic E-state index is 12.8. The van der Waals surface area contributed by atoms with Gasteiger partial charge >= 0.3 is 0 Å². The molecule has 0 spiro atoms. The molecule has 21 heavy (non-hydrogen) atoms. The Morgan fingerprint density at radius 3 is 2.67 bits per heavy atom. The summed E-state index contributed by atoms with van der Waals surface area (Å²) in [4.78, 5) is 22.1. The Kier molecular flexibility index (Phi) is 4.33. The van der Waals surface area contributed by atoms with E-state index in [0.717, 1.165) is 37.6 Å². The number of likely N-dealkylation sites (tertiary alicyclic amines) is 1. The molecule has 0 bridgehead atoms. The van der Waals surface area contributed by atoms with Crippen LogP contribution in [0.4, 0.5) is 10.9 Å². The zero-order valence-electron chi connectivity index (χ0n) is 12.7. The van der Waals surface area contributed by atoms with Gasteiger partial charge in [-0.15, -0.1) is 0 Å². The molecule has 0 aliphatic carbocycles. The summed E-state index contributed by atoms with van der Waals surface area (Å²) in [6.07, 6.45) is 7.00. The molecule has 0 saturated carbocycles. The SMILES string of the molecule is CC1CCCCCN1C(=O)c1sc(N2CCCC2)nc1N. The normalized spacial score (nSPS) is 23.4. The van der Waals surface area contributed by atoms with Gasteiger partial charge in [0.05, 0.1) is 0 Å². The fourth-order valence-electron chi connectivity index (χ4n) is 3.22. The van der Waals surface area contributed by atoms with Crippen molar-refractivity contribution in [1.82, 2.24) is 9.88 Å². The highest BCUT2D eigenvalue weighted by Gasteiger charge is 2.28. The van der Waals surface area contributed by atoms with Gasteiger partial charge in [0.2, 0.25) is 0 Å². The first kappa shape index (κ1) is 14.6. The third-order valence-corrected chi connectivity index (χ3v) is 5.65. The Labute approximate surface area is 130 Å². The van der Waals surface area contributed by atoms with Crippen molar-refractivity contribution in [2.24, 2.45) is 0 Å². The predicted molar refractivity (Wildman–Crippen MR) is 86.9 cm³/mol. The van der Waals surface area contributed by atoms with Crippen molar-refractivity contribution in [3.63, 3.8) is 0 Å². The van der Waals surface area contributed by atoms with Gasteiger partial charge in [-0.05, 0) is 32.6 Å². The van der Waals surface area contributed by atoms with Crippen molar-refractivity contribution in [2.75, 3.05) is 30.3 Å². The molecule has 1 unspecified atom stereocenters. The average molecular weight is 308 g/mol. The number of nitrogen functional groups attached to an aromatic ring is 1. The van der Waals surface area contributed by atoms with Crippen LogP contribution >= 0.6 is 11.3 Å². The van der Waals surface area contributed by atoms with Crippen molar-refractivity contribution in [3.8, 4) is 0 Å². The third-order valence-electron chi connectivity index (χ3n) is 4.53. The summed E-state index contributed by atoms with van der Waals surface area (Å²) in [6.45, 7) is 5.04. The van der Waals surface area contributed by atoms with E-state index >= 15 is 0 Å². The Hall–Kier alpha value is -1.30. The first-order chi connectivity index (χ1) is 10.2. The molecule has 2 saturated heterocycles. The van der Waals surface area contributed by atoms with E-state index in [4.69, 9.17) is 5.73 Å². The molecule has 2 fully saturated rings. The van der Waals surface area contributed by atoms with Crippen LogP contribution in [0.2, 0.25) is 0 Å². The number of aromatic nitrogens is 1. The number of hydrogen-bond acceptors (Lipinski definition) is 5. The van der Waals surface area contributed by atoms with Crippen LogP contribution in [0.15, 0.2) is 0 Å². The summed E-state index contributed by atoms with van der Waals surface area (Å²) in [5, 5.41) is 0.913. The maximum Gasteiger partial charge on any atom is 0.268 e. The Morgan fingerprint density at radius 2 is 1.90 bits per heavy atom. The lowest BCUT2D eigenvalue weighted by atomic mass is 10.1. The van der Waals surface area contributed by atoms with Crippen LogP contribution in [-0.2, 0) is 0 Å². The van der Waals surface area contributed by atoms with Crippen LogP contribution in [-0.4, -0.2) is 41.5 Å². The second-order valence-corrected chi connectivity index (χ2v) is 7.08. The minimum atomic E-state index is 0.0739. The highest BCUT2D eigenvalue weighted by atomic mass is 32.1. The molecule has 0 radical (unpaired) electrons. The van der Waals surface area contributed by atoms with Crippen molar-refractivity contribution < 1.29 is 4.79 Å². The predicted octanol–water partition coefficient (Wildman–Crippen LogP) is 2.73. The maximum absolute atomic E-state index is 12.8. The highest BCUT2D eigenvalue weighted by Crippen LogP contribution is 2.32. The van der Waals surface area contributed by atoms with Gasteiger partial charge in [0.15, 0.2) is 5.13 Å². The zero-order chi connectivity index (χ0) is 14.8. The quantitative estimate of drug-likeness (QED) is 0.912. The molecule has 2 aliphatic rings. The number of carbonyl (C=O) groups is 1. The van der Waals surface area contributed by atoms with Crippen molar-refractivity contribution in [1.29, 1.82) is 0 Å². The van der Waals surface area contributed by atoms with E-state index in [0.29, 0.717) is 16.7 Å². The van der Waals surface area contributed by atoms with Gasteiger partial charge in [0.1, 0.15) is 10.7 Å². The van der Waals surface area contributed by atoms with E-state index in [9.17, 15) is 4.79 Å². The van der Waals surface area contributed by atoms with E-state index in [2.05, 4.69) is 16.8 Å². The van der Waals surface area contributed by atoms with E-state index < -0.39 is 0 Å². The van der Waals surface area contributed by atoms with Crippen molar-refractivity contribution in [3.05, 3.63) is 4.88 Å². The molecule has 2 aliphatic heterocycles. The average Bonchev–Trinajstić information content (AvgIpc) is 3.06. The molecule has 1 aromatic heterocycles. The molecule has 1 aromatic rings. The standard InChI is InChI=1S/C15H24N4OS/c1-11-7-3-2-4-10-19(11)14(20)12-13(16)17-15(21-12)18-8-5-6-9-18/h11H,2-10,16H2,1H3. The zero-order valence-corrected chi connectivity index (χ0v) is 13.5. The molecule has 116 valence electrons. The molecule has 6 heteroatoms. The van der Waals surface area contributed by atoms with E-state index in [1.165, 1.54) is 37.0 Å². The molecular formula is C15H24N4OS. The molecular weight excluding hydrogens is 284 g/mol. The van der Waals surface area contributed by atoms with Gasteiger partial charge in [-0.1, -0.05) is 24.2 Å². The van der Waals surface area contributed by atoms with Gasteiger partial charge in [-0.25, -0.2) is 4.98 Å². The van der Waals surface area contributed by atoms with Crippen molar-refractivity contribution in [2.45, 2.75) is 51.5 Å². The number of anilines is 2. The molecule has 1 amide bonds. The number of thiazole rings is 1. The number of nitrogens with zero attached hydrogens (tertiary/aromatic N) is 3.